The molecule has 2 aromatic rings. The molecule has 5 heterocycles. The fourth-order valence-corrected chi connectivity index (χ4v) is 5.11. The van der Waals surface area contributed by atoms with Gasteiger partial charge in [-0.05, 0) is 31.0 Å². The van der Waals surface area contributed by atoms with Crippen molar-refractivity contribution in [2.24, 2.45) is 7.05 Å². The molecule has 0 radical (unpaired) electrons. The summed E-state index contributed by atoms with van der Waals surface area (Å²) in [6.45, 7) is 8.21. The Morgan fingerprint density at radius 2 is 1.97 bits per heavy atom. The number of imide groups is 1. The molecule has 0 N–H and O–H groups in total. The highest BCUT2D eigenvalue weighted by Gasteiger charge is 2.63. The van der Waals surface area contributed by atoms with E-state index in [1.54, 1.807) is 34.5 Å². The van der Waals surface area contributed by atoms with Gasteiger partial charge in [0, 0.05) is 19.0 Å². The summed E-state index contributed by atoms with van der Waals surface area (Å²) in [5.74, 6) is -0.543. The summed E-state index contributed by atoms with van der Waals surface area (Å²) in [4.78, 5) is 48.5. The number of anilines is 1. The first kappa shape index (κ1) is 21.1. The second-order valence-corrected chi connectivity index (χ2v) is 9.98. The van der Waals surface area contributed by atoms with Gasteiger partial charge in [-0.1, -0.05) is 20.8 Å². The molecule has 3 aliphatic rings. The number of carbonyl (C=O) groups is 3. The van der Waals surface area contributed by atoms with E-state index in [0.29, 0.717) is 29.9 Å². The van der Waals surface area contributed by atoms with Crippen molar-refractivity contribution in [1.29, 1.82) is 5.26 Å². The van der Waals surface area contributed by atoms with Crippen LogP contribution in [0, 0.1) is 18.3 Å². The van der Waals surface area contributed by atoms with Crippen LogP contribution in [0.2, 0.25) is 0 Å². The quantitative estimate of drug-likeness (QED) is 0.648. The van der Waals surface area contributed by atoms with Crippen LogP contribution in [0.25, 0.3) is 0 Å². The Kier molecular flexibility index (Phi) is 4.40. The van der Waals surface area contributed by atoms with Crippen molar-refractivity contribution in [2.75, 3.05) is 11.4 Å². The average molecular weight is 447 g/mol. The van der Waals surface area contributed by atoms with E-state index in [4.69, 9.17) is 5.26 Å². The predicted octanol–water partition coefficient (Wildman–Crippen LogP) is 1.73. The van der Waals surface area contributed by atoms with Gasteiger partial charge in [0.15, 0.2) is 0 Å². The monoisotopic (exact) mass is 447 g/mol. The number of rotatable bonds is 2. The highest BCUT2D eigenvalue weighted by molar-refractivity contribution is 6.22. The molecule has 0 aliphatic carbocycles. The van der Waals surface area contributed by atoms with Crippen molar-refractivity contribution in [2.45, 2.75) is 57.7 Å². The summed E-state index contributed by atoms with van der Waals surface area (Å²) >= 11 is 0. The van der Waals surface area contributed by atoms with Crippen molar-refractivity contribution >= 4 is 23.5 Å². The van der Waals surface area contributed by atoms with Crippen LogP contribution in [-0.2, 0) is 17.3 Å². The maximum Gasteiger partial charge on any atom is 0.332 e. The second kappa shape index (κ2) is 6.88. The van der Waals surface area contributed by atoms with Gasteiger partial charge in [-0.3, -0.25) is 14.3 Å². The lowest BCUT2D eigenvalue weighted by atomic mass is 9.92. The van der Waals surface area contributed by atoms with Gasteiger partial charge in [-0.25, -0.2) is 14.7 Å². The van der Waals surface area contributed by atoms with Crippen LogP contribution in [0.1, 0.15) is 54.6 Å². The molecular formula is C23H25N7O3. The van der Waals surface area contributed by atoms with Crippen molar-refractivity contribution in [3.63, 3.8) is 0 Å². The van der Waals surface area contributed by atoms with Gasteiger partial charge >= 0.3 is 6.03 Å². The highest BCUT2D eigenvalue weighted by Crippen LogP contribution is 2.43. The van der Waals surface area contributed by atoms with E-state index >= 15 is 0 Å². The average Bonchev–Trinajstić information content (AvgIpc) is 3.49. The normalized spacial score (nSPS) is 24.0. The molecular weight excluding hydrogens is 422 g/mol. The molecule has 0 spiro atoms. The third-order valence-corrected chi connectivity index (χ3v) is 6.82. The molecule has 0 aromatic carbocycles. The number of amides is 4. The Hall–Kier alpha value is -3.74. The van der Waals surface area contributed by atoms with Gasteiger partial charge in [0.1, 0.15) is 23.5 Å². The topological polar surface area (TPSA) is 115 Å². The number of nitrogens with zero attached hydrogens (tertiary/aromatic N) is 7. The smallest absolute Gasteiger partial charge is 0.330 e. The van der Waals surface area contributed by atoms with E-state index in [0.717, 1.165) is 10.6 Å². The zero-order chi connectivity index (χ0) is 23.8. The van der Waals surface area contributed by atoms with Crippen LogP contribution in [0.5, 0.6) is 0 Å². The minimum atomic E-state index is -0.716. The third kappa shape index (κ3) is 2.95. The van der Waals surface area contributed by atoms with Crippen molar-refractivity contribution in [3.8, 4) is 6.07 Å². The third-order valence-electron chi connectivity index (χ3n) is 6.82. The summed E-state index contributed by atoms with van der Waals surface area (Å²) in [5.41, 5.74) is 2.28. The standard InChI is InChI=1S/C23H25N7O3/c1-12-6-13(10-25-15(12)9-24)30-21(32)19-16-7-14(29(19)22(30)33)11-28(16)20(31)17-8-18(23(2,3)4)26-27(17)5/h6,8,10,14,16,19H,7,11H2,1-5H3/t14-,16-,19-/m0/s1. The molecule has 5 rings (SSSR count). The lowest BCUT2D eigenvalue weighted by molar-refractivity contribution is -0.121. The molecule has 3 saturated heterocycles. The van der Waals surface area contributed by atoms with Gasteiger partial charge in [-0.15, -0.1) is 0 Å². The number of nitriles is 1. The van der Waals surface area contributed by atoms with E-state index in [1.165, 1.54) is 6.20 Å². The molecule has 170 valence electrons. The molecule has 3 aliphatic heterocycles. The first-order valence-corrected chi connectivity index (χ1v) is 10.9. The minimum Gasteiger partial charge on any atom is -0.330 e. The Bertz CT molecular complexity index is 1250. The van der Waals surface area contributed by atoms with Gasteiger partial charge in [0.25, 0.3) is 11.8 Å². The van der Waals surface area contributed by atoms with Crippen molar-refractivity contribution in [3.05, 3.63) is 41.0 Å². The molecule has 0 saturated carbocycles. The lowest BCUT2D eigenvalue weighted by Gasteiger charge is -2.34. The van der Waals surface area contributed by atoms with Crippen LogP contribution in [0.4, 0.5) is 10.5 Å². The number of aryl methyl sites for hydroxylation is 2. The summed E-state index contributed by atoms with van der Waals surface area (Å²) < 4.78 is 1.59. The maximum atomic E-state index is 13.4. The molecule has 3 fully saturated rings. The summed E-state index contributed by atoms with van der Waals surface area (Å²) in [6.07, 6.45) is 1.95. The molecule has 2 bridgehead atoms. The number of hydrogen-bond donors (Lipinski definition) is 0. The van der Waals surface area contributed by atoms with Crippen LogP contribution in [-0.4, -0.2) is 67.1 Å². The number of aromatic nitrogens is 3. The zero-order valence-corrected chi connectivity index (χ0v) is 19.2. The number of carbonyl (C=O) groups excluding carboxylic acids is 3. The van der Waals surface area contributed by atoms with Crippen molar-refractivity contribution < 1.29 is 14.4 Å². The van der Waals surface area contributed by atoms with E-state index in [9.17, 15) is 14.4 Å². The number of fused-ring (bicyclic) bond motifs is 5. The summed E-state index contributed by atoms with van der Waals surface area (Å²) in [6, 6.07) is 3.71. The fraction of sp³-hybridized carbons (Fsp3) is 0.478. The Morgan fingerprint density at radius 1 is 1.24 bits per heavy atom. The first-order valence-electron chi connectivity index (χ1n) is 10.9. The van der Waals surface area contributed by atoms with Gasteiger partial charge in [0.05, 0.1) is 29.7 Å². The first-order chi connectivity index (χ1) is 15.5. The minimum absolute atomic E-state index is 0.178. The number of urea groups is 1. The van der Waals surface area contributed by atoms with Gasteiger partial charge in [0.2, 0.25) is 0 Å². The van der Waals surface area contributed by atoms with E-state index in [-0.39, 0.29) is 35.0 Å². The molecule has 3 atom stereocenters. The van der Waals surface area contributed by atoms with E-state index < -0.39 is 12.1 Å². The molecule has 4 amide bonds. The Balaban J connectivity index is 1.43. The number of likely N-dealkylation sites (tertiary alicyclic amines) is 1. The highest BCUT2D eigenvalue weighted by atomic mass is 16.2. The number of hydrogen-bond acceptors (Lipinski definition) is 6. The zero-order valence-electron chi connectivity index (χ0n) is 19.2. The molecule has 2 aromatic heterocycles. The number of piperazine rings is 1. The van der Waals surface area contributed by atoms with E-state index in [1.807, 2.05) is 32.9 Å². The molecule has 10 nitrogen and oxygen atoms in total. The van der Waals surface area contributed by atoms with Gasteiger partial charge in [-0.2, -0.15) is 10.4 Å². The Morgan fingerprint density at radius 3 is 2.58 bits per heavy atom. The van der Waals surface area contributed by atoms with Gasteiger partial charge < -0.3 is 9.80 Å². The molecule has 10 heteroatoms. The van der Waals surface area contributed by atoms with Crippen LogP contribution in [0.15, 0.2) is 18.3 Å². The van der Waals surface area contributed by atoms with Crippen LogP contribution in [0.3, 0.4) is 0 Å². The van der Waals surface area contributed by atoms with Crippen LogP contribution >= 0.6 is 0 Å². The van der Waals surface area contributed by atoms with Crippen LogP contribution < -0.4 is 4.90 Å². The number of pyridine rings is 1. The molecule has 0 unspecified atom stereocenters. The second-order valence-electron chi connectivity index (χ2n) is 9.98. The fourth-order valence-electron chi connectivity index (χ4n) is 5.11. The Labute approximate surface area is 191 Å². The van der Waals surface area contributed by atoms with E-state index in [2.05, 4.69) is 10.1 Å². The SMILES string of the molecule is Cc1cc(N2C(=O)[C@@H]3[C@@H]4C[C@@H](CN4C(=O)c4cc(C(C)(C)C)nn4C)N3C2=O)cnc1C#N. The van der Waals surface area contributed by atoms with Crippen molar-refractivity contribution in [1.82, 2.24) is 24.6 Å². The summed E-state index contributed by atoms with van der Waals surface area (Å²) in [5, 5.41) is 13.6. The predicted molar refractivity (Wildman–Crippen MR) is 117 cm³/mol. The largest absolute Gasteiger partial charge is 0.332 e. The summed E-state index contributed by atoms with van der Waals surface area (Å²) in [7, 11) is 1.75. The lowest BCUT2D eigenvalue weighted by Crippen LogP contribution is -2.55. The molecule has 33 heavy (non-hydrogen) atoms. The maximum absolute atomic E-state index is 13.4.